The molecule has 0 aliphatic rings. The topological polar surface area (TPSA) is 81.1 Å². The SMILES string of the molecule is CC(C)NC(N)=NCCc1ncn(C)n1. The Morgan fingerprint density at radius 1 is 1.67 bits per heavy atom. The highest BCUT2D eigenvalue weighted by Gasteiger charge is 1.98. The van der Waals surface area contributed by atoms with Crippen molar-refractivity contribution >= 4 is 5.96 Å². The van der Waals surface area contributed by atoms with Gasteiger partial charge in [0, 0.05) is 26.1 Å². The van der Waals surface area contributed by atoms with Crippen molar-refractivity contribution in [2.24, 2.45) is 17.8 Å². The lowest BCUT2D eigenvalue weighted by Gasteiger charge is -2.07. The molecule has 0 aliphatic heterocycles. The molecule has 84 valence electrons. The first-order valence-corrected chi connectivity index (χ1v) is 4.99. The Labute approximate surface area is 89.6 Å². The van der Waals surface area contributed by atoms with Crippen molar-refractivity contribution in [1.82, 2.24) is 20.1 Å². The van der Waals surface area contributed by atoms with E-state index in [4.69, 9.17) is 5.73 Å². The van der Waals surface area contributed by atoms with Crippen molar-refractivity contribution in [2.45, 2.75) is 26.3 Å². The Bertz CT molecular complexity index is 327. The zero-order valence-electron chi connectivity index (χ0n) is 9.44. The van der Waals surface area contributed by atoms with E-state index < -0.39 is 0 Å². The van der Waals surface area contributed by atoms with Gasteiger partial charge in [0.25, 0.3) is 0 Å². The predicted octanol–water partition coefficient (Wildman–Crippen LogP) is -0.330. The molecule has 6 nitrogen and oxygen atoms in total. The van der Waals surface area contributed by atoms with Gasteiger partial charge in [-0.05, 0) is 13.8 Å². The van der Waals surface area contributed by atoms with E-state index in [0.717, 1.165) is 5.82 Å². The summed E-state index contributed by atoms with van der Waals surface area (Å²) in [5, 5.41) is 7.16. The van der Waals surface area contributed by atoms with Crippen molar-refractivity contribution in [3.8, 4) is 0 Å². The summed E-state index contributed by atoms with van der Waals surface area (Å²) in [5.74, 6) is 1.26. The predicted molar refractivity (Wildman–Crippen MR) is 59.5 cm³/mol. The van der Waals surface area contributed by atoms with E-state index in [1.165, 1.54) is 0 Å². The van der Waals surface area contributed by atoms with Crippen LogP contribution in [0.2, 0.25) is 0 Å². The van der Waals surface area contributed by atoms with E-state index in [1.807, 2.05) is 20.9 Å². The van der Waals surface area contributed by atoms with Gasteiger partial charge in [0.05, 0.1) is 0 Å². The third-order valence-corrected chi connectivity index (χ3v) is 1.70. The van der Waals surface area contributed by atoms with E-state index in [0.29, 0.717) is 25.0 Å². The molecule has 3 N–H and O–H groups in total. The highest BCUT2D eigenvalue weighted by molar-refractivity contribution is 5.78. The number of aromatic nitrogens is 3. The average molecular weight is 210 g/mol. The summed E-state index contributed by atoms with van der Waals surface area (Å²) < 4.78 is 1.68. The van der Waals surface area contributed by atoms with Crippen LogP contribution in [-0.2, 0) is 13.5 Å². The molecule has 0 unspecified atom stereocenters. The molecule has 0 saturated heterocycles. The van der Waals surface area contributed by atoms with E-state index in [9.17, 15) is 0 Å². The van der Waals surface area contributed by atoms with Crippen LogP contribution in [0.5, 0.6) is 0 Å². The maximum atomic E-state index is 5.64. The Hall–Kier alpha value is -1.59. The molecule has 0 amide bonds. The molecule has 1 aromatic heterocycles. The zero-order valence-corrected chi connectivity index (χ0v) is 9.44. The van der Waals surface area contributed by atoms with Crippen LogP contribution in [0.3, 0.4) is 0 Å². The maximum Gasteiger partial charge on any atom is 0.188 e. The molecule has 15 heavy (non-hydrogen) atoms. The maximum absolute atomic E-state index is 5.64. The van der Waals surface area contributed by atoms with Crippen LogP contribution in [0.15, 0.2) is 11.3 Å². The van der Waals surface area contributed by atoms with Gasteiger partial charge in [-0.3, -0.25) is 9.67 Å². The van der Waals surface area contributed by atoms with Gasteiger partial charge >= 0.3 is 0 Å². The van der Waals surface area contributed by atoms with Crippen molar-refractivity contribution < 1.29 is 0 Å². The molecule has 0 fully saturated rings. The largest absolute Gasteiger partial charge is 0.370 e. The third kappa shape index (κ3) is 4.44. The standard InChI is InChI=1S/C9H18N6/c1-7(2)13-9(10)11-5-4-8-12-6-15(3)14-8/h6-7H,4-5H2,1-3H3,(H3,10,11,13). The number of nitrogens with one attached hydrogen (secondary N) is 1. The molecule has 6 heteroatoms. The highest BCUT2D eigenvalue weighted by atomic mass is 15.3. The van der Waals surface area contributed by atoms with Crippen molar-refractivity contribution in [1.29, 1.82) is 0 Å². The second-order valence-corrected chi connectivity index (χ2v) is 3.65. The molecular formula is C9H18N6. The van der Waals surface area contributed by atoms with Crippen molar-refractivity contribution in [2.75, 3.05) is 6.54 Å². The van der Waals surface area contributed by atoms with E-state index in [-0.39, 0.29) is 0 Å². The van der Waals surface area contributed by atoms with Gasteiger partial charge in [-0.15, -0.1) is 0 Å². The van der Waals surface area contributed by atoms with Crippen LogP contribution in [0, 0.1) is 0 Å². The molecule has 0 aliphatic carbocycles. The fraction of sp³-hybridized carbons (Fsp3) is 0.667. The lowest BCUT2D eigenvalue weighted by molar-refractivity contribution is 0.718. The number of nitrogens with zero attached hydrogens (tertiary/aromatic N) is 4. The minimum Gasteiger partial charge on any atom is -0.370 e. The minimum absolute atomic E-state index is 0.307. The second-order valence-electron chi connectivity index (χ2n) is 3.65. The normalized spacial score (nSPS) is 12.1. The lowest BCUT2D eigenvalue weighted by Crippen LogP contribution is -2.36. The van der Waals surface area contributed by atoms with Crippen LogP contribution in [0.25, 0.3) is 0 Å². The first kappa shape index (κ1) is 11.5. The molecular weight excluding hydrogens is 192 g/mol. The summed E-state index contributed by atoms with van der Waals surface area (Å²) in [6.07, 6.45) is 2.39. The quantitative estimate of drug-likeness (QED) is 0.526. The highest BCUT2D eigenvalue weighted by Crippen LogP contribution is 1.90. The molecule has 0 saturated carbocycles. The number of nitrogens with two attached hydrogens (primary N) is 1. The van der Waals surface area contributed by atoms with Crippen LogP contribution in [0.1, 0.15) is 19.7 Å². The Kier molecular flexibility index (Phi) is 4.08. The number of hydrogen-bond donors (Lipinski definition) is 2. The Morgan fingerprint density at radius 3 is 2.93 bits per heavy atom. The van der Waals surface area contributed by atoms with Gasteiger partial charge in [-0.2, -0.15) is 5.10 Å². The first-order valence-electron chi connectivity index (χ1n) is 4.99. The molecule has 0 bridgehead atoms. The average Bonchev–Trinajstić information content (AvgIpc) is 2.50. The van der Waals surface area contributed by atoms with Gasteiger partial charge in [0.15, 0.2) is 11.8 Å². The van der Waals surface area contributed by atoms with Crippen molar-refractivity contribution in [3.05, 3.63) is 12.2 Å². The van der Waals surface area contributed by atoms with Gasteiger partial charge in [-0.1, -0.05) is 0 Å². The second kappa shape index (κ2) is 5.33. The van der Waals surface area contributed by atoms with Crippen LogP contribution < -0.4 is 11.1 Å². The monoisotopic (exact) mass is 210 g/mol. The smallest absolute Gasteiger partial charge is 0.188 e. The van der Waals surface area contributed by atoms with Gasteiger partial charge in [0.1, 0.15) is 6.33 Å². The zero-order chi connectivity index (χ0) is 11.3. The number of hydrogen-bond acceptors (Lipinski definition) is 3. The summed E-state index contributed by atoms with van der Waals surface area (Å²) in [4.78, 5) is 8.26. The van der Waals surface area contributed by atoms with Gasteiger partial charge < -0.3 is 11.1 Å². The number of aliphatic imine (C=N–C) groups is 1. The fourth-order valence-electron chi connectivity index (χ4n) is 1.12. The first-order chi connectivity index (χ1) is 7.08. The molecule has 0 aromatic carbocycles. The van der Waals surface area contributed by atoms with E-state index in [2.05, 4.69) is 20.4 Å². The lowest BCUT2D eigenvalue weighted by atomic mass is 10.4. The molecule has 0 atom stereocenters. The molecule has 1 aromatic rings. The van der Waals surface area contributed by atoms with Gasteiger partial charge in [-0.25, -0.2) is 4.98 Å². The van der Waals surface area contributed by atoms with E-state index >= 15 is 0 Å². The summed E-state index contributed by atoms with van der Waals surface area (Å²) in [7, 11) is 1.84. The van der Waals surface area contributed by atoms with Crippen LogP contribution in [-0.4, -0.2) is 33.3 Å². The summed E-state index contributed by atoms with van der Waals surface area (Å²) in [5.41, 5.74) is 5.64. The molecule has 1 heterocycles. The Morgan fingerprint density at radius 2 is 2.40 bits per heavy atom. The molecule has 0 spiro atoms. The summed E-state index contributed by atoms with van der Waals surface area (Å²) in [6, 6.07) is 0.307. The summed E-state index contributed by atoms with van der Waals surface area (Å²) in [6.45, 7) is 4.64. The summed E-state index contributed by atoms with van der Waals surface area (Å²) >= 11 is 0. The Balaban J connectivity index is 2.32. The van der Waals surface area contributed by atoms with Crippen LogP contribution >= 0.6 is 0 Å². The molecule has 0 radical (unpaired) electrons. The van der Waals surface area contributed by atoms with Crippen LogP contribution in [0.4, 0.5) is 0 Å². The number of guanidine groups is 1. The fourth-order valence-corrected chi connectivity index (χ4v) is 1.12. The van der Waals surface area contributed by atoms with Crippen molar-refractivity contribution in [3.63, 3.8) is 0 Å². The third-order valence-electron chi connectivity index (χ3n) is 1.70. The minimum atomic E-state index is 0.307. The number of aryl methyl sites for hydroxylation is 1. The number of rotatable bonds is 4. The van der Waals surface area contributed by atoms with Gasteiger partial charge in [0.2, 0.25) is 0 Å². The van der Waals surface area contributed by atoms with E-state index in [1.54, 1.807) is 11.0 Å². The molecule has 1 rings (SSSR count).